The van der Waals surface area contributed by atoms with Gasteiger partial charge in [0.2, 0.25) is 10.0 Å². The van der Waals surface area contributed by atoms with E-state index < -0.39 is 10.0 Å². The number of benzene rings is 2. The van der Waals surface area contributed by atoms with E-state index in [1.54, 1.807) is 18.2 Å². The maximum Gasteiger partial charge on any atom is 0.256 e. The Bertz CT molecular complexity index is 1280. The maximum atomic E-state index is 12.8. The van der Waals surface area contributed by atoms with E-state index in [1.165, 1.54) is 0 Å². The maximum absolute atomic E-state index is 12.8. The Balaban J connectivity index is 1.39. The van der Waals surface area contributed by atoms with Gasteiger partial charge in [0, 0.05) is 43.5 Å². The number of pyridine rings is 1. The van der Waals surface area contributed by atoms with Crippen molar-refractivity contribution >= 4 is 20.8 Å². The first kappa shape index (κ1) is 19.4. The second-order valence-corrected chi connectivity index (χ2v) is 9.47. The van der Waals surface area contributed by atoms with E-state index in [4.69, 9.17) is 4.74 Å². The van der Waals surface area contributed by atoms with Crippen LogP contribution in [0.5, 0.6) is 0 Å². The van der Waals surface area contributed by atoms with Crippen molar-refractivity contribution < 1.29 is 13.2 Å². The van der Waals surface area contributed by atoms with Gasteiger partial charge in [-0.25, -0.2) is 13.1 Å². The van der Waals surface area contributed by atoms with Crippen molar-refractivity contribution in [3.05, 3.63) is 63.9 Å². The van der Waals surface area contributed by atoms with Crippen molar-refractivity contribution in [2.75, 3.05) is 39.4 Å². The van der Waals surface area contributed by atoms with Gasteiger partial charge in [0.1, 0.15) is 0 Å². The van der Waals surface area contributed by atoms with Crippen LogP contribution in [0.15, 0.2) is 52.2 Å². The molecule has 2 aromatic carbocycles. The molecule has 2 aliphatic rings. The third-order valence-corrected chi connectivity index (χ3v) is 7.34. The second-order valence-electron chi connectivity index (χ2n) is 7.70. The third-order valence-electron chi connectivity index (χ3n) is 5.88. The average molecular weight is 426 g/mol. The molecule has 0 saturated carbocycles. The Kier molecular flexibility index (Phi) is 4.94. The van der Waals surface area contributed by atoms with Crippen LogP contribution in [0, 0.1) is 0 Å². The number of hydrogen-bond donors (Lipinski definition) is 2. The lowest BCUT2D eigenvalue weighted by atomic mass is 10.0. The number of H-pyrrole nitrogens is 1. The van der Waals surface area contributed by atoms with Crippen LogP contribution >= 0.6 is 0 Å². The van der Waals surface area contributed by atoms with Crippen molar-refractivity contribution in [3.8, 4) is 11.3 Å². The molecule has 1 aromatic heterocycles. The van der Waals surface area contributed by atoms with Gasteiger partial charge in [-0.15, -0.1) is 0 Å². The Hall–Kier alpha value is -2.52. The minimum absolute atomic E-state index is 0.126. The molecule has 7 nitrogen and oxygen atoms in total. The summed E-state index contributed by atoms with van der Waals surface area (Å²) in [4.78, 5) is 17.9. The molecule has 1 saturated heterocycles. The van der Waals surface area contributed by atoms with E-state index in [9.17, 15) is 13.2 Å². The van der Waals surface area contributed by atoms with Gasteiger partial charge < -0.3 is 9.72 Å². The fraction of sp³-hybridized carbons (Fsp3) is 0.318. The van der Waals surface area contributed by atoms with Crippen molar-refractivity contribution in [1.82, 2.24) is 14.6 Å². The SMILES string of the molecule is O=c1[nH]c2c(c3ccccc13)Cc1cc(S(=O)(=O)NCCN3CCOCC3)ccc1-2. The summed E-state index contributed by atoms with van der Waals surface area (Å²) < 4.78 is 33.6. The number of hydrogen-bond acceptors (Lipinski definition) is 5. The molecule has 3 aromatic rings. The number of aromatic nitrogens is 1. The van der Waals surface area contributed by atoms with Crippen LogP contribution in [-0.2, 0) is 21.2 Å². The highest BCUT2D eigenvalue weighted by Gasteiger charge is 2.25. The Morgan fingerprint density at radius 2 is 1.83 bits per heavy atom. The fourth-order valence-electron chi connectivity index (χ4n) is 4.31. The molecule has 2 N–H and O–H groups in total. The molecular formula is C22H23N3O4S. The molecule has 1 fully saturated rings. The second kappa shape index (κ2) is 7.63. The molecule has 30 heavy (non-hydrogen) atoms. The molecule has 0 atom stereocenters. The Morgan fingerprint density at radius 1 is 1.07 bits per heavy atom. The molecule has 2 heterocycles. The molecule has 0 amide bonds. The van der Waals surface area contributed by atoms with Crippen LogP contribution in [0.25, 0.3) is 22.0 Å². The zero-order valence-corrected chi connectivity index (χ0v) is 17.3. The number of sulfonamides is 1. The van der Waals surface area contributed by atoms with E-state index in [-0.39, 0.29) is 10.5 Å². The number of ether oxygens (including phenoxy) is 1. The lowest BCUT2D eigenvalue weighted by molar-refractivity contribution is 0.0390. The first-order valence-corrected chi connectivity index (χ1v) is 11.6. The van der Waals surface area contributed by atoms with E-state index in [2.05, 4.69) is 14.6 Å². The van der Waals surface area contributed by atoms with Gasteiger partial charge in [-0.05, 0) is 34.7 Å². The van der Waals surface area contributed by atoms with Gasteiger partial charge in [-0.3, -0.25) is 9.69 Å². The summed E-state index contributed by atoms with van der Waals surface area (Å²) in [6.07, 6.45) is 0.596. The number of morpholine rings is 1. The minimum atomic E-state index is -3.60. The fourth-order valence-corrected chi connectivity index (χ4v) is 5.38. The third kappa shape index (κ3) is 3.45. The van der Waals surface area contributed by atoms with Crippen LogP contribution in [0.3, 0.4) is 0 Å². The first-order chi connectivity index (χ1) is 14.5. The topological polar surface area (TPSA) is 91.5 Å². The number of nitrogens with zero attached hydrogens (tertiary/aromatic N) is 1. The monoisotopic (exact) mass is 425 g/mol. The number of nitrogens with one attached hydrogen (secondary N) is 2. The van der Waals surface area contributed by atoms with E-state index in [0.29, 0.717) is 38.1 Å². The van der Waals surface area contributed by atoms with Crippen molar-refractivity contribution in [3.63, 3.8) is 0 Å². The smallest absolute Gasteiger partial charge is 0.256 e. The number of rotatable bonds is 5. The normalized spacial score (nSPS) is 16.5. The van der Waals surface area contributed by atoms with Crippen molar-refractivity contribution in [1.29, 1.82) is 0 Å². The molecule has 0 radical (unpaired) electrons. The highest BCUT2D eigenvalue weighted by molar-refractivity contribution is 7.89. The lowest BCUT2D eigenvalue weighted by Gasteiger charge is -2.26. The van der Waals surface area contributed by atoms with Crippen molar-refractivity contribution in [2.24, 2.45) is 0 Å². The van der Waals surface area contributed by atoms with Crippen LogP contribution in [-0.4, -0.2) is 57.7 Å². The summed E-state index contributed by atoms with van der Waals surface area (Å²) in [5.41, 5.74) is 3.50. The molecule has 0 spiro atoms. The summed E-state index contributed by atoms with van der Waals surface area (Å²) >= 11 is 0. The summed E-state index contributed by atoms with van der Waals surface area (Å²) in [6.45, 7) is 4.05. The predicted octanol–water partition coefficient (Wildman–Crippen LogP) is 1.71. The largest absolute Gasteiger partial charge is 0.379 e. The summed E-state index contributed by atoms with van der Waals surface area (Å²) in [7, 11) is -3.60. The summed E-state index contributed by atoms with van der Waals surface area (Å²) in [5, 5.41) is 1.57. The zero-order chi connectivity index (χ0) is 20.7. The predicted molar refractivity (Wildman–Crippen MR) is 115 cm³/mol. The summed E-state index contributed by atoms with van der Waals surface area (Å²) in [5.74, 6) is 0. The highest BCUT2D eigenvalue weighted by atomic mass is 32.2. The summed E-state index contributed by atoms with van der Waals surface area (Å²) in [6, 6.07) is 12.6. The van der Waals surface area contributed by atoms with Crippen LogP contribution < -0.4 is 10.3 Å². The molecule has 0 unspecified atom stereocenters. The molecule has 8 heteroatoms. The Labute approximate surface area is 174 Å². The quantitative estimate of drug-likeness (QED) is 0.508. The van der Waals surface area contributed by atoms with Gasteiger partial charge >= 0.3 is 0 Å². The van der Waals surface area contributed by atoms with Gasteiger partial charge in [0.15, 0.2) is 0 Å². The molecule has 0 bridgehead atoms. The van der Waals surface area contributed by atoms with Crippen molar-refractivity contribution in [2.45, 2.75) is 11.3 Å². The molecule has 1 aliphatic carbocycles. The molecular weight excluding hydrogens is 402 g/mol. The lowest BCUT2D eigenvalue weighted by Crippen LogP contribution is -2.41. The molecule has 156 valence electrons. The average Bonchev–Trinajstić information content (AvgIpc) is 3.13. The van der Waals surface area contributed by atoms with Crippen LogP contribution in [0.1, 0.15) is 11.1 Å². The standard InChI is InChI=1S/C22H23N3O4S/c26-22-19-4-2-1-3-18(19)20-14-15-13-16(5-6-17(15)21(20)24-22)30(27,28)23-7-8-25-9-11-29-12-10-25/h1-6,13,23H,7-12,14H2,(H,24,26). The number of aromatic amines is 1. The van der Waals surface area contributed by atoms with E-state index >= 15 is 0 Å². The van der Waals surface area contributed by atoms with Crippen LogP contribution in [0.2, 0.25) is 0 Å². The van der Waals surface area contributed by atoms with Gasteiger partial charge in [0.25, 0.3) is 5.56 Å². The molecule has 1 aliphatic heterocycles. The van der Waals surface area contributed by atoms with E-state index in [1.807, 2.05) is 24.3 Å². The zero-order valence-electron chi connectivity index (χ0n) is 16.5. The van der Waals surface area contributed by atoms with Gasteiger partial charge in [-0.1, -0.05) is 24.3 Å². The van der Waals surface area contributed by atoms with Gasteiger partial charge in [-0.2, -0.15) is 0 Å². The highest BCUT2D eigenvalue weighted by Crippen LogP contribution is 2.38. The first-order valence-electron chi connectivity index (χ1n) is 10.1. The van der Waals surface area contributed by atoms with E-state index in [0.717, 1.165) is 40.9 Å². The minimum Gasteiger partial charge on any atom is -0.379 e. The van der Waals surface area contributed by atoms with Crippen LogP contribution in [0.4, 0.5) is 0 Å². The molecule has 5 rings (SSSR count). The van der Waals surface area contributed by atoms with Gasteiger partial charge in [0.05, 0.1) is 23.8 Å². The number of fused-ring (bicyclic) bond motifs is 5. The Morgan fingerprint density at radius 3 is 2.63 bits per heavy atom.